The van der Waals surface area contributed by atoms with Crippen LogP contribution in [0.2, 0.25) is 0 Å². The molecule has 24 heavy (non-hydrogen) atoms. The molecule has 4 rings (SSSR count). The van der Waals surface area contributed by atoms with E-state index in [2.05, 4.69) is 15.0 Å². The van der Waals surface area contributed by atoms with Gasteiger partial charge in [-0.05, 0) is 37.3 Å². The fourth-order valence-corrected chi connectivity index (χ4v) is 4.13. The average Bonchev–Trinajstić information content (AvgIpc) is 3.34. The number of aromatic nitrogens is 2. The second-order valence-electron chi connectivity index (χ2n) is 6.55. The van der Waals surface area contributed by atoms with E-state index in [-0.39, 0.29) is 12.0 Å². The molecular formula is C17H21N3O4. The Kier molecular flexibility index (Phi) is 4.10. The van der Waals surface area contributed by atoms with Crippen molar-refractivity contribution in [2.75, 3.05) is 7.11 Å². The Labute approximate surface area is 140 Å². The van der Waals surface area contributed by atoms with E-state index in [1.807, 2.05) is 0 Å². The van der Waals surface area contributed by atoms with Crippen LogP contribution in [-0.4, -0.2) is 40.2 Å². The molecule has 1 saturated heterocycles. The minimum absolute atomic E-state index is 0.171. The first kappa shape index (κ1) is 15.4. The van der Waals surface area contributed by atoms with Crippen LogP contribution in [0.5, 0.6) is 0 Å². The molecule has 2 aromatic heterocycles. The largest absolute Gasteiger partial charge is 0.468 e. The van der Waals surface area contributed by atoms with Crippen LogP contribution in [0.4, 0.5) is 0 Å². The average molecular weight is 331 g/mol. The molecule has 0 radical (unpaired) electrons. The lowest BCUT2D eigenvalue weighted by Gasteiger charge is -2.32. The summed E-state index contributed by atoms with van der Waals surface area (Å²) >= 11 is 0. The van der Waals surface area contributed by atoms with Crippen molar-refractivity contribution in [2.24, 2.45) is 5.92 Å². The number of ether oxygens (including phenoxy) is 1. The summed E-state index contributed by atoms with van der Waals surface area (Å²) < 4.78 is 15.7. The summed E-state index contributed by atoms with van der Waals surface area (Å²) in [5, 5.41) is 3.97. The minimum atomic E-state index is -0.220. The smallest absolute Gasteiger partial charge is 0.323 e. The van der Waals surface area contributed by atoms with E-state index in [0.717, 1.165) is 12.8 Å². The molecule has 7 nitrogen and oxygen atoms in total. The molecule has 1 saturated carbocycles. The normalized spacial score (nSPS) is 27.1. The summed E-state index contributed by atoms with van der Waals surface area (Å²) in [6.45, 7) is 0.467. The van der Waals surface area contributed by atoms with Crippen molar-refractivity contribution < 1.29 is 18.5 Å². The van der Waals surface area contributed by atoms with Crippen molar-refractivity contribution in [3.8, 4) is 11.6 Å². The number of furan rings is 1. The van der Waals surface area contributed by atoms with E-state index in [4.69, 9.17) is 13.7 Å². The summed E-state index contributed by atoms with van der Waals surface area (Å²) in [5.41, 5.74) is 0. The van der Waals surface area contributed by atoms with Crippen LogP contribution < -0.4 is 0 Å². The van der Waals surface area contributed by atoms with Gasteiger partial charge in [-0.15, -0.1) is 0 Å². The maximum absolute atomic E-state index is 12.2. The third-order valence-electron chi connectivity index (χ3n) is 5.22. The predicted octanol–water partition coefficient (Wildman–Crippen LogP) is 2.64. The SMILES string of the molecule is COC(=O)[C@@H]1C[C@H]2CCCC[C@@H]2N1Cc1nc(-c2ccco2)no1. The number of hydrogen-bond donors (Lipinski definition) is 0. The van der Waals surface area contributed by atoms with E-state index in [9.17, 15) is 4.79 Å². The van der Waals surface area contributed by atoms with Gasteiger partial charge < -0.3 is 13.7 Å². The van der Waals surface area contributed by atoms with Crippen molar-refractivity contribution in [1.29, 1.82) is 0 Å². The molecule has 3 atom stereocenters. The van der Waals surface area contributed by atoms with Crippen molar-refractivity contribution in [1.82, 2.24) is 15.0 Å². The summed E-state index contributed by atoms with van der Waals surface area (Å²) in [6, 6.07) is 3.74. The molecule has 128 valence electrons. The number of carbonyl (C=O) groups is 1. The highest BCUT2D eigenvalue weighted by molar-refractivity contribution is 5.76. The Morgan fingerprint density at radius 3 is 3.08 bits per heavy atom. The molecule has 2 aliphatic rings. The molecule has 0 spiro atoms. The van der Waals surface area contributed by atoms with Gasteiger partial charge in [0, 0.05) is 6.04 Å². The number of likely N-dealkylation sites (tertiary alicyclic amines) is 1. The van der Waals surface area contributed by atoms with Gasteiger partial charge in [-0.1, -0.05) is 18.0 Å². The van der Waals surface area contributed by atoms with Crippen LogP contribution >= 0.6 is 0 Å². The molecular weight excluding hydrogens is 310 g/mol. The number of hydrogen-bond acceptors (Lipinski definition) is 7. The van der Waals surface area contributed by atoms with Gasteiger partial charge >= 0.3 is 5.97 Å². The molecule has 0 bridgehead atoms. The highest BCUT2D eigenvalue weighted by Gasteiger charge is 2.46. The Balaban J connectivity index is 1.55. The summed E-state index contributed by atoms with van der Waals surface area (Å²) in [5.74, 6) is 1.89. The van der Waals surface area contributed by atoms with Crippen LogP contribution in [0.3, 0.4) is 0 Å². The van der Waals surface area contributed by atoms with Crippen LogP contribution in [0.15, 0.2) is 27.3 Å². The molecule has 0 aromatic carbocycles. The van der Waals surface area contributed by atoms with Crippen molar-refractivity contribution >= 4 is 5.97 Å². The van der Waals surface area contributed by atoms with Gasteiger partial charge in [-0.3, -0.25) is 9.69 Å². The lowest BCUT2D eigenvalue weighted by Crippen LogP contribution is -2.42. The summed E-state index contributed by atoms with van der Waals surface area (Å²) in [7, 11) is 1.45. The van der Waals surface area contributed by atoms with Crippen LogP contribution in [-0.2, 0) is 16.1 Å². The van der Waals surface area contributed by atoms with Gasteiger partial charge in [0.15, 0.2) is 5.76 Å². The Hall–Kier alpha value is -2.15. The number of carbonyl (C=O) groups excluding carboxylic acids is 1. The topological polar surface area (TPSA) is 81.6 Å². The first-order valence-corrected chi connectivity index (χ1v) is 8.46. The molecule has 2 fully saturated rings. The fraction of sp³-hybridized carbons (Fsp3) is 0.588. The highest BCUT2D eigenvalue weighted by Crippen LogP contribution is 2.40. The summed E-state index contributed by atoms with van der Waals surface area (Å²) in [4.78, 5) is 18.8. The number of nitrogens with zero attached hydrogens (tertiary/aromatic N) is 3. The zero-order valence-electron chi connectivity index (χ0n) is 13.7. The Bertz CT molecular complexity index is 697. The van der Waals surface area contributed by atoms with E-state index in [0.29, 0.717) is 36.0 Å². The summed E-state index contributed by atoms with van der Waals surface area (Å²) in [6.07, 6.45) is 7.16. The van der Waals surface area contributed by atoms with Crippen LogP contribution in [0.1, 0.15) is 38.0 Å². The predicted molar refractivity (Wildman–Crippen MR) is 83.7 cm³/mol. The third-order valence-corrected chi connectivity index (χ3v) is 5.22. The lowest BCUT2D eigenvalue weighted by molar-refractivity contribution is -0.146. The van der Waals surface area contributed by atoms with Gasteiger partial charge in [0.05, 0.1) is 19.9 Å². The molecule has 3 heterocycles. The van der Waals surface area contributed by atoms with Gasteiger partial charge in [0.1, 0.15) is 6.04 Å². The van der Waals surface area contributed by atoms with Gasteiger partial charge in [0.2, 0.25) is 11.7 Å². The number of methoxy groups -OCH3 is 1. The number of rotatable bonds is 4. The van der Waals surface area contributed by atoms with Gasteiger partial charge in [-0.2, -0.15) is 4.98 Å². The number of fused-ring (bicyclic) bond motifs is 1. The quantitative estimate of drug-likeness (QED) is 0.797. The fourth-order valence-electron chi connectivity index (χ4n) is 4.13. The second kappa shape index (κ2) is 6.39. The van der Waals surface area contributed by atoms with Gasteiger partial charge in [0.25, 0.3) is 0 Å². The van der Waals surface area contributed by atoms with E-state index >= 15 is 0 Å². The third kappa shape index (κ3) is 2.73. The van der Waals surface area contributed by atoms with Crippen molar-refractivity contribution in [3.05, 3.63) is 24.3 Å². The Morgan fingerprint density at radius 1 is 1.42 bits per heavy atom. The van der Waals surface area contributed by atoms with Crippen molar-refractivity contribution in [2.45, 2.75) is 50.7 Å². The maximum atomic E-state index is 12.2. The first-order valence-electron chi connectivity index (χ1n) is 8.46. The monoisotopic (exact) mass is 331 g/mol. The van der Waals surface area contributed by atoms with E-state index in [1.165, 1.54) is 26.4 Å². The van der Waals surface area contributed by atoms with Crippen LogP contribution in [0, 0.1) is 5.92 Å². The van der Waals surface area contributed by atoms with E-state index < -0.39 is 0 Å². The van der Waals surface area contributed by atoms with Gasteiger partial charge in [-0.25, -0.2) is 0 Å². The molecule has 1 aliphatic carbocycles. The van der Waals surface area contributed by atoms with Crippen LogP contribution in [0.25, 0.3) is 11.6 Å². The zero-order chi connectivity index (χ0) is 16.5. The molecule has 0 N–H and O–H groups in total. The highest BCUT2D eigenvalue weighted by atomic mass is 16.5. The lowest BCUT2D eigenvalue weighted by atomic mass is 9.85. The molecule has 0 amide bonds. The zero-order valence-corrected chi connectivity index (χ0v) is 13.7. The molecule has 0 unspecified atom stereocenters. The molecule has 7 heteroatoms. The van der Waals surface area contributed by atoms with E-state index in [1.54, 1.807) is 18.4 Å². The Morgan fingerprint density at radius 2 is 2.29 bits per heavy atom. The number of esters is 1. The standard InChI is InChI=1S/C17H21N3O4/c1-22-17(21)13-9-11-5-2-3-6-12(11)20(13)10-15-18-16(19-24-15)14-7-4-8-23-14/h4,7-8,11-13H,2-3,5-6,9-10H2,1H3/t11-,12+,13+/m1/s1. The van der Waals surface area contributed by atoms with Crippen molar-refractivity contribution in [3.63, 3.8) is 0 Å². The molecule has 1 aliphatic heterocycles. The molecule has 2 aromatic rings. The second-order valence-corrected chi connectivity index (χ2v) is 6.55. The maximum Gasteiger partial charge on any atom is 0.323 e. The minimum Gasteiger partial charge on any atom is -0.468 e. The first-order chi connectivity index (χ1) is 11.8.